The second kappa shape index (κ2) is 6.80. The van der Waals surface area contributed by atoms with Gasteiger partial charge in [-0.05, 0) is 31.2 Å². The summed E-state index contributed by atoms with van der Waals surface area (Å²) in [6.45, 7) is 1.97. The van der Waals surface area contributed by atoms with Crippen LogP contribution in [-0.2, 0) is 19.2 Å². The van der Waals surface area contributed by atoms with Crippen LogP contribution in [0.5, 0.6) is 11.5 Å². The molecule has 2 amide bonds. The van der Waals surface area contributed by atoms with Crippen LogP contribution in [-0.4, -0.2) is 50.1 Å². The first-order chi connectivity index (χ1) is 15.5. The van der Waals surface area contributed by atoms with E-state index in [-0.39, 0.29) is 17.7 Å². The Morgan fingerprint density at radius 3 is 2.28 bits per heavy atom. The van der Waals surface area contributed by atoms with Crippen molar-refractivity contribution in [3.63, 3.8) is 0 Å². The summed E-state index contributed by atoms with van der Waals surface area (Å²) in [5.41, 5.74) is 3.10. The molecule has 2 aromatic carbocycles. The molecule has 2 aromatic rings. The minimum atomic E-state index is -0.553. The Hall–Kier alpha value is -3.39. The summed E-state index contributed by atoms with van der Waals surface area (Å²) in [4.78, 5) is 33.8. The maximum Gasteiger partial charge on any atom is 0.240 e. The molecule has 4 aliphatic rings. The van der Waals surface area contributed by atoms with Crippen LogP contribution < -0.4 is 14.4 Å². The molecule has 0 N–H and O–H groups in total. The van der Waals surface area contributed by atoms with Crippen molar-refractivity contribution in [3.05, 3.63) is 53.6 Å². The molecular weight excluding hydrogens is 412 g/mol. The lowest BCUT2D eigenvalue weighted by molar-refractivity contribution is -0.125. The van der Waals surface area contributed by atoms with E-state index >= 15 is 0 Å². The molecule has 0 aliphatic carbocycles. The van der Waals surface area contributed by atoms with Gasteiger partial charge in [0.25, 0.3) is 0 Å². The van der Waals surface area contributed by atoms with Crippen LogP contribution in [0.15, 0.2) is 47.6 Å². The Morgan fingerprint density at radius 1 is 0.875 bits per heavy atom. The highest BCUT2D eigenvalue weighted by Crippen LogP contribution is 2.55. The molecule has 0 saturated carbocycles. The molecule has 0 aromatic heterocycles. The van der Waals surface area contributed by atoms with E-state index in [9.17, 15) is 9.59 Å². The second-order valence-corrected chi connectivity index (χ2v) is 8.60. The lowest BCUT2D eigenvalue weighted by Gasteiger charge is -2.26. The molecule has 0 spiro atoms. The highest BCUT2D eigenvalue weighted by molar-refractivity contribution is 6.23. The maximum absolute atomic E-state index is 13.4. The van der Waals surface area contributed by atoms with Crippen molar-refractivity contribution in [2.24, 2.45) is 22.9 Å². The monoisotopic (exact) mass is 434 g/mol. The Balaban J connectivity index is 1.35. The molecule has 8 heteroatoms. The van der Waals surface area contributed by atoms with Crippen molar-refractivity contribution in [2.75, 3.05) is 19.1 Å². The van der Waals surface area contributed by atoms with Crippen LogP contribution in [0, 0.1) is 24.7 Å². The fourth-order valence-corrected chi connectivity index (χ4v) is 5.54. The number of hydrogen-bond donors (Lipinski definition) is 0. The van der Waals surface area contributed by atoms with Gasteiger partial charge in [0, 0.05) is 11.6 Å². The number of amides is 2. The fraction of sp³-hybridized carbons (Fsp3) is 0.375. The van der Waals surface area contributed by atoms with Crippen molar-refractivity contribution in [3.8, 4) is 11.5 Å². The minimum Gasteiger partial charge on any atom is -0.497 e. The van der Waals surface area contributed by atoms with E-state index in [0.29, 0.717) is 22.9 Å². The summed E-state index contributed by atoms with van der Waals surface area (Å²) in [5, 5.41) is 4.34. The van der Waals surface area contributed by atoms with Gasteiger partial charge in [-0.2, -0.15) is 0 Å². The number of imide groups is 1. The van der Waals surface area contributed by atoms with Gasteiger partial charge in [0.15, 0.2) is 6.10 Å². The van der Waals surface area contributed by atoms with E-state index in [1.807, 2.05) is 31.2 Å². The number of carbonyl (C=O) groups excluding carboxylic acids is 2. The van der Waals surface area contributed by atoms with Gasteiger partial charge in [0.2, 0.25) is 11.8 Å². The van der Waals surface area contributed by atoms with Gasteiger partial charge in [-0.3, -0.25) is 9.59 Å². The normalized spacial score (nSPS) is 32.0. The summed E-state index contributed by atoms with van der Waals surface area (Å²) >= 11 is 0. The lowest BCUT2D eigenvalue weighted by Crippen LogP contribution is -2.45. The Morgan fingerprint density at radius 2 is 1.59 bits per heavy atom. The number of oxime groups is 1. The van der Waals surface area contributed by atoms with Crippen LogP contribution >= 0.6 is 0 Å². The summed E-state index contributed by atoms with van der Waals surface area (Å²) in [6, 6.07) is 12.9. The molecule has 8 nitrogen and oxygen atoms in total. The van der Waals surface area contributed by atoms with E-state index in [4.69, 9.17) is 19.0 Å². The summed E-state index contributed by atoms with van der Waals surface area (Å²) in [7, 11) is 3.17. The average Bonchev–Trinajstić information content (AvgIpc) is 3.54. The lowest BCUT2D eigenvalue weighted by atomic mass is 9.71. The molecule has 164 valence electrons. The van der Waals surface area contributed by atoms with Crippen LogP contribution in [0.4, 0.5) is 5.69 Å². The van der Waals surface area contributed by atoms with Gasteiger partial charge in [-0.1, -0.05) is 22.9 Å². The average molecular weight is 434 g/mol. The first-order valence-corrected chi connectivity index (χ1v) is 10.6. The van der Waals surface area contributed by atoms with E-state index in [0.717, 1.165) is 11.1 Å². The number of methoxy groups -OCH3 is 2. The number of benzene rings is 2. The largest absolute Gasteiger partial charge is 0.497 e. The zero-order chi connectivity index (χ0) is 22.1. The number of hydrogen-bond acceptors (Lipinski definition) is 7. The Kier molecular flexibility index (Phi) is 4.10. The van der Waals surface area contributed by atoms with Crippen molar-refractivity contribution >= 4 is 23.2 Å². The van der Waals surface area contributed by atoms with E-state index in [1.54, 1.807) is 32.4 Å². The zero-order valence-corrected chi connectivity index (χ0v) is 17.8. The number of ether oxygens (including phenoxy) is 3. The molecule has 4 heterocycles. The van der Waals surface area contributed by atoms with Gasteiger partial charge in [0.1, 0.15) is 23.3 Å². The predicted octanol–water partition coefficient (Wildman–Crippen LogP) is 2.32. The molecule has 3 fully saturated rings. The SMILES string of the molecule is COc1ccc(C2=NO[C@@H]3[C@H]4O[C@@H]([C@H]23)[C@@H]2C(=O)N(c3ccc(C)cc3)C(=O)[C@H]42)c(OC)c1. The number of nitrogens with zero attached hydrogens (tertiary/aromatic N) is 2. The first-order valence-electron chi connectivity index (χ1n) is 10.6. The van der Waals surface area contributed by atoms with Crippen LogP contribution in [0.1, 0.15) is 11.1 Å². The van der Waals surface area contributed by atoms with Gasteiger partial charge in [-0.15, -0.1) is 0 Å². The summed E-state index contributed by atoms with van der Waals surface area (Å²) < 4.78 is 17.0. The smallest absolute Gasteiger partial charge is 0.240 e. The summed E-state index contributed by atoms with van der Waals surface area (Å²) in [6.07, 6.45) is -1.39. The van der Waals surface area contributed by atoms with Crippen LogP contribution in [0.3, 0.4) is 0 Å². The van der Waals surface area contributed by atoms with Gasteiger partial charge in [-0.25, -0.2) is 4.90 Å². The van der Waals surface area contributed by atoms with Gasteiger partial charge >= 0.3 is 0 Å². The van der Waals surface area contributed by atoms with Crippen molar-refractivity contribution in [2.45, 2.75) is 25.2 Å². The van der Waals surface area contributed by atoms with Crippen molar-refractivity contribution in [1.29, 1.82) is 0 Å². The molecule has 6 rings (SSSR count). The van der Waals surface area contributed by atoms with Crippen LogP contribution in [0.2, 0.25) is 0 Å². The maximum atomic E-state index is 13.4. The van der Waals surface area contributed by atoms with Crippen molar-refractivity contribution < 1.29 is 28.6 Å². The van der Waals surface area contributed by atoms with Gasteiger partial charge in [0.05, 0.1) is 43.8 Å². The number of carbonyl (C=O) groups is 2. The van der Waals surface area contributed by atoms with E-state index in [1.165, 1.54) is 4.90 Å². The third kappa shape index (κ3) is 2.44. The Bertz CT molecular complexity index is 1160. The molecule has 0 radical (unpaired) electrons. The summed E-state index contributed by atoms with van der Waals surface area (Å²) in [5.74, 6) is -0.540. The minimum absolute atomic E-state index is 0.220. The molecule has 3 saturated heterocycles. The predicted molar refractivity (Wildman–Crippen MR) is 114 cm³/mol. The quantitative estimate of drug-likeness (QED) is 0.687. The first kappa shape index (κ1) is 19.3. The number of fused-ring (bicyclic) bond motifs is 8. The molecule has 2 bridgehead atoms. The highest BCUT2D eigenvalue weighted by atomic mass is 16.7. The third-order valence-electron chi connectivity index (χ3n) is 7.02. The van der Waals surface area contributed by atoms with E-state index in [2.05, 4.69) is 5.16 Å². The molecule has 0 unspecified atom stereocenters. The standard InChI is InChI=1S/C24H22N2O6/c1-11-4-6-12(7-5-11)26-23(27)16-17(24(26)28)21-22-18(20(16)31-21)19(25-32-22)14-9-8-13(29-2)10-15(14)30-3/h4-10,16-18,20-22H,1-3H3/t16-,17+,18+,20-,21+,22+/m1/s1. The van der Waals surface area contributed by atoms with Gasteiger partial charge < -0.3 is 19.0 Å². The number of anilines is 1. The molecule has 32 heavy (non-hydrogen) atoms. The molecule has 6 atom stereocenters. The zero-order valence-electron chi connectivity index (χ0n) is 17.8. The topological polar surface area (TPSA) is 86.7 Å². The number of aryl methyl sites for hydroxylation is 1. The number of rotatable bonds is 4. The molecular formula is C24H22N2O6. The van der Waals surface area contributed by atoms with E-state index < -0.39 is 30.1 Å². The van der Waals surface area contributed by atoms with Crippen LogP contribution in [0.25, 0.3) is 0 Å². The fourth-order valence-electron chi connectivity index (χ4n) is 5.54. The second-order valence-electron chi connectivity index (χ2n) is 8.60. The highest BCUT2D eigenvalue weighted by Gasteiger charge is 2.72. The third-order valence-corrected chi connectivity index (χ3v) is 7.02. The Labute approximate surface area is 184 Å². The molecule has 4 aliphatic heterocycles. The van der Waals surface area contributed by atoms with Crippen molar-refractivity contribution in [1.82, 2.24) is 0 Å².